The van der Waals surface area contributed by atoms with Gasteiger partial charge in [0.15, 0.2) is 0 Å². The second kappa shape index (κ2) is 5.08. The van der Waals surface area contributed by atoms with Gasteiger partial charge in [0, 0.05) is 19.8 Å². The van der Waals surface area contributed by atoms with Crippen LogP contribution in [0, 0.1) is 0 Å². The third kappa shape index (κ3) is 2.81. The number of hydrogen-bond acceptors (Lipinski definition) is 3. The Bertz CT molecular complexity index is 721. The molecule has 0 fully saturated rings. The van der Waals surface area contributed by atoms with E-state index >= 15 is 0 Å². The Balaban J connectivity index is 2.39. The molecule has 0 atom stereocenters. The van der Waals surface area contributed by atoms with Crippen LogP contribution in [-0.4, -0.2) is 28.4 Å². The first-order valence-corrected chi connectivity index (χ1v) is 5.80. The zero-order chi connectivity index (χ0) is 15.8. The zero-order valence-electron chi connectivity index (χ0n) is 11.1. The van der Waals surface area contributed by atoms with Crippen molar-refractivity contribution in [1.82, 2.24) is 14.9 Å². The Morgan fingerprint density at radius 1 is 1.24 bits per heavy atom. The normalized spacial score (nSPS) is 11.5. The van der Waals surface area contributed by atoms with Crippen molar-refractivity contribution in [1.29, 1.82) is 0 Å². The van der Waals surface area contributed by atoms with Gasteiger partial charge >= 0.3 is 18.0 Å². The summed E-state index contributed by atoms with van der Waals surface area (Å²) in [6, 6.07) is 4.05. The lowest BCUT2D eigenvalue weighted by Crippen LogP contribution is -2.32. The molecule has 0 bridgehead atoms. The molecule has 6 nitrogen and oxygen atoms in total. The van der Waals surface area contributed by atoms with Crippen molar-refractivity contribution in [2.45, 2.75) is 6.18 Å². The molecule has 0 aliphatic carbocycles. The maximum Gasteiger partial charge on any atom is 0.449 e. The number of hydrogen-bond donors (Lipinski definition) is 2. The van der Waals surface area contributed by atoms with Crippen molar-refractivity contribution < 1.29 is 22.8 Å². The lowest BCUT2D eigenvalue weighted by Gasteiger charge is -2.05. The average Bonchev–Trinajstić information content (AvgIpc) is 2.74. The highest BCUT2D eigenvalue weighted by Gasteiger charge is 2.36. The highest BCUT2D eigenvalue weighted by atomic mass is 19.4. The van der Waals surface area contributed by atoms with Crippen LogP contribution in [0.3, 0.4) is 0 Å². The van der Waals surface area contributed by atoms with Crippen molar-refractivity contribution >= 4 is 28.5 Å². The highest BCUT2D eigenvalue weighted by molar-refractivity contribution is 6.39. The Labute approximate surface area is 116 Å². The third-order valence-corrected chi connectivity index (χ3v) is 2.83. The molecular weight excluding hydrogens is 289 g/mol. The van der Waals surface area contributed by atoms with Gasteiger partial charge in [-0.1, -0.05) is 0 Å². The Morgan fingerprint density at radius 3 is 2.48 bits per heavy atom. The first-order chi connectivity index (χ1) is 9.74. The fourth-order valence-electron chi connectivity index (χ4n) is 1.83. The second-order valence-corrected chi connectivity index (χ2v) is 4.23. The van der Waals surface area contributed by atoms with Crippen LogP contribution in [0.2, 0.25) is 0 Å². The molecule has 2 amide bonds. The summed E-state index contributed by atoms with van der Waals surface area (Å²) in [6.45, 7) is 0. The molecule has 2 rings (SSSR count). The van der Waals surface area contributed by atoms with Crippen molar-refractivity contribution in [2.75, 3.05) is 12.4 Å². The van der Waals surface area contributed by atoms with Crippen LogP contribution >= 0.6 is 0 Å². The van der Waals surface area contributed by atoms with Crippen LogP contribution in [0.1, 0.15) is 5.82 Å². The summed E-state index contributed by atoms with van der Waals surface area (Å²) in [5.74, 6) is -2.80. The van der Waals surface area contributed by atoms with Crippen LogP contribution in [0.15, 0.2) is 18.2 Å². The number of nitrogens with zero attached hydrogens (tertiary/aromatic N) is 2. The van der Waals surface area contributed by atoms with E-state index in [2.05, 4.69) is 15.6 Å². The molecule has 0 saturated carbocycles. The van der Waals surface area contributed by atoms with E-state index in [1.54, 1.807) is 0 Å². The van der Waals surface area contributed by atoms with Crippen LogP contribution in [0.4, 0.5) is 18.9 Å². The first-order valence-electron chi connectivity index (χ1n) is 5.80. The predicted molar refractivity (Wildman–Crippen MR) is 68.4 cm³/mol. The quantitative estimate of drug-likeness (QED) is 0.779. The summed E-state index contributed by atoms with van der Waals surface area (Å²) in [5.41, 5.74) is 0.516. The van der Waals surface area contributed by atoms with Crippen LogP contribution < -0.4 is 10.6 Å². The topological polar surface area (TPSA) is 76.0 Å². The van der Waals surface area contributed by atoms with Gasteiger partial charge in [0.2, 0.25) is 5.82 Å². The largest absolute Gasteiger partial charge is 0.449 e. The van der Waals surface area contributed by atoms with Gasteiger partial charge in [0.1, 0.15) is 0 Å². The summed E-state index contributed by atoms with van der Waals surface area (Å²) in [5, 5.41) is 4.41. The van der Waals surface area contributed by atoms with Crippen molar-refractivity contribution in [3.8, 4) is 0 Å². The van der Waals surface area contributed by atoms with Gasteiger partial charge in [-0.15, -0.1) is 0 Å². The molecule has 2 N–H and O–H groups in total. The van der Waals surface area contributed by atoms with E-state index in [0.717, 1.165) is 4.57 Å². The Hall–Kier alpha value is -2.58. The number of alkyl halides is 3. The van der Waals surface area contributed by atoms with Gasteiger partial charge in [0.05, 0.1) is 11.0 Å². The minimum atomic E-state index is -4.57. The molecule has 112 valence electrons. The van der Waals surface area contributed by atoms with Crippen molar-refractivity contribution in [3.05, 3.63) is 24.0 Å². The van der Waals surface area contributed by atoms with Crippen molar-refractivity contribution in [3.63, 3.8) is 0 Å². The monoisotopic (exact) mass is 300 g/mol. The lowest BCUT2D eigenvalue weighted by molar-refractivity contribution is -0.146. The van der Waals surface area contributed by atoms with E-state index in [1.165, 1.54) is 32.3 Å². The SMILES string of the molecule is CNC(=O)C(=O)Nc1ccc2c(c1)nc(C(F)(F)F)n2C. The van der Waals surface area contributed by atoms with Crippen LogP contribution in [0.5, 0.6) is 0 Å². The zero-order valence-corrected chi connectivity index (χ0v) is 11.1. The number of carbonyl (C=O) groups is 2. The van der Waals surface area contributed by atoms with E-state index in [0.29, 0.717) is 0 Å². The van der Waals surface area contributed by atoms with Gasteiger partial charge < -0.3 is 15.2 Å². The molecule has 0 aliphatic heterocycles. The molecule has 0 aliphatic rings. The molecule has 2 aromatic rings. The maximum absolute atomic E-state index is 12.7. The van der Waals surface area contributed by atoms with Crippen LogP contribution in [-0.2, 0) is 22.8 Å². The van der Waals surface area contributed by atoms with Gasteiger partial charge in [-0.2, -0.15) is 13.2 Å². The number of imidazole rings is 1. The molecule has 0 radical (unpaired) electrons. The number of rotatable bonds is 1. The summed E-state index contributed by atoms with van der Waals surface area (Å²) in [6.07, 6.45) is -4.57. The van der Waals surface area contributed by atoms with Gasteiger partial charge in [-0.3, -0.25) is 9.59 Å². The molecule has 1 aromatic heterocycles. The standard InChI is InChI=1S/C12H11F3N4O2/c1-16-9(20)10(21)17-6-3-4-8-7(5-6)18-11(19(8)2)12(13,14)15/h3-5H,1-2H3,(H,16,20)(H,17,21). The molecule has 0 spiro atoms. The summed E-state index contributed by atoms with van der Waals surface area (Å²) >= 11 is 0. The molecule has 0 unspecified atom stereocenters. The summed E-state index contributed by atoms with van der Waals surface area (Å²) < 4.78 is 39.1. The number of halogens is 3. The van der Waals surface area contributed by atoms with E-state index in [9.17, 15) is 22.8 Å². The molecule has 0 saturated heterocycles. The van der Waals surface area contributed by atoms with Gasteiger partial charge in [-0.05, 0) is 18.2 Å². The Kier molecular flexibility index (Phi) is 3.58. The van der Waals surface area contributed by atoms with E-state index in [-0.39, 0.29) is 16.7 Å². The smallest absolute Gasteiger partial charge is 0.351 e. The summed E-state index contributed by atoms with van der Waals surface area (Å²) in [4.78, 5) is 26.0. The van der Waals surface area contributed by atoms with Gasteiger partial charge in [0.25, 0.3) is 0 Å². The number of fused-ring (bicyclic) bond motifs is 1. The number of aromatic nitrogens is 2. The molecule has 1 aromatic carbocycles. The second-order valence-electron chi connectivity index (χ2n) is 4.23. The predicted octanol–water partition coefficient (Wildman–Crippen LogP) is 1.28. The summed E-state index contributed by atoms with van der Waals surface area (Å²) in [7, 11) is 2.54. The minimum absolute atomic E-state index is 0.0690. The number of nitrogens with one attached hydrogen (secondary N) is 2. The van der Waals surface area contributed by atoms with Crippen LogP contribution in [0.25, 0.3) is 11.0 Å². The van der Waals surface area contributed by atoms with Crippen molar-refractivity contribution in [2.24, 2.45) is 7.05 Å². The fraction of sp³-hybridized carbons (Fsp3) is 0.250. The number of amides is 2. The van der Waals surface area contributed by atoms with Gasteiger partial charge in [-0.25, -0.2) is 4.98 Å². The molecule has 21 heavy (non-hydrogen) atoms. The lowest BCUT2D eigenvalue weighted by atomic mass is 10.2. The average molecular weight is 300 g/mol. The fourth-order valence-corrected chi connectivity index (χ4v) is 1.83. The van der Waals surface area contributed by atoms with E-state index < -0.39 is 23.8 Å². The molecule has 9 heteroatoms. The van der Waals surface area contributed by atoms with E-state index in [1.807, 2.05) is 0 Å². The number of likely N-dealkylation sites (N-methyl/N-ethyl adjacent to an activating group) is 1. The minimum Gasteiger partial charge on any atom is -0.351 e. The number of carbonyl (C=O) groups excluding carboxylic acids is 2. The number of anilines is 1. The third-order valence-electron chi connectivity index (χ3n) is 2.83. The maximum atomic E-state index is 12.7. The first kappa shape index (κ1) is 14.8. The molecular formula is C12H11F3N4O2. The van der Waals surface area contributed by atoms with E-state index in [4.69, 9.17) is 0 Å². The molecule has 1 heterocycles. The highest BCUT2D eigenvalue weighted by Crippen LogP contribution is 2.31. The Morgan fingerprint density at radius 2 is 1.90 bits per heavy atom. The number of aryl methyl sites for hydroxylation is 1. The number of benzene rings is 1.